The Bertz CT molecular complexity index is 761. The van der Waals surface area contributed by atoms with Crippen LogP contribution < -0.4 is 5.32 Å². The fourth-order valence-corrected chi connectivity index (χ4v) is 4.47. The van der Waals surface area contributed by atoms with Crippen LogP contribution in [0.1, 0.15) is 95.6 Å². The topological polar surface area (TPSA) is 73.1 Å². The van der Waals surface area contributed by atoms with Crippen molar-refractivity contribution in [2.75, 3.05) is 16.8 Å². The SMILES string of the molecule is CCCCCSCCCCCCCCC[C@](C)(O)C(=O)Nc1ccc(C#N)c(C(F)(F)F)c1. The predicted molar refractivity (Wildman–Crippen MR) is 129 cm³/mol. The van der Waals surface area contributed by atoms with Gasteiger partial charge in [-0.3, -0.25) is 4.79 Å². The number of hydrogen-bond donors (Lipinski definition) is 2. The molecule has 0 saturated heterocycles. The van der Waals surface area contributed by atoms with Gasteiger partial charge in [0.1, 0.15) is 5.60 Å². The van der Waals surface area contributed by atoms with Crippen molar-refractivity contribution in [3.05, 3.63) is 29.3 Å². The number of rotatable bonds is 16. The summed E-state index contributed by atoms with van der Waals surface area (Å²) >= 11 is 2.04. The van der Waals surface area contributed by atoms with Crippen LogP contribution in [0.2, 0.25) is 0 Å². The first kappa shape index (κ1) is 29.3. The van der Waals surface area contributed by atoms with Gasteiger partial charge in [0.25, 0.3) is 5.91 Å². The highest BCUT2D eigenvalue weighted by Crippen LogP contribution is 2.33. The van der Waals surface area contributed by atoms with Crippen molar-refractivity contribution in [3.63, 3.8) is 0 Å². The van der Waals surface area contributed by atoms with Gasteiger partial charge in [-0.2, -0.15) is 30.2 Å². The van der Waals surface area contributed by atoms with Gasteiger partial charge in [-0.15, -0.1) is 0 Å². The molecule has 1 aromatic rings. The van der Waals surface area contributed by atoms with Crippen LogP contribution in [0.4, 0.5) is 18.9 Å². The highest BCUT2D eigenvalue weighted by atomic mass is 32.2. The standard InChI is InChI=1S/C25H37F3N2O2S/c1-3-4-11-16-33-17-12-9-7-5-6-8-10-15-24(2,32)23(31)30-21-14-13-20(19-29)22(18-21)25(26,27)28/h13-14,18,32H,3-12,15-17H2,1-2H3,(H,30,31)/t24-/m0/s1. The molecule has 1 aromatic carbocycles. The van der Waals surface area contributed by atoms with Gasteiger partial charge in [0.2, 0.25) is 0 Å². The number of alkyl halides is 3. The van der Waals surface area contributed by atoms with Gasteiger partial charge in [-0.25, -0.2) is 0 Å². The molecule has 0 aromatic heterocycles. The van der Waals surface area contributed by atoms with Crippen LogP contribution in [-0.2, 0) is 11.0 Å². The number of amides is 1. The lowest BCUT2D eigenvalue weighted by atomic mass is 9.96. The Morgan fingerprint density at radius 2 is 1.61 bits per heavy atom. The van der Waals surface area contributed by atoms with Crippen molar-refractivity contribution in [1.29, 1.82) is 5.26 Å². The summed E-state index contributed by atoms with van der Waals surface area (Å²) in [5.74, 6) is 1.73. The van der Waals surface area contributed by atoms with Gasteiger partial charge in [-0.1, -0.05) is 58.3 Å². The van der Waals surface area contributed by atoms with E-state index in [4.69, 9.17) is 5.26 Å². The summed E-state index contributed by atoms with van der Waals surface area (Å²) in [5, 5.41) is 21.7. The zero-order valence-electron chi connectivity index (χ0n) is 19.8. The zero-order chi connectivity index (χ0) is 24.7. The first-order valence-corrected chi connectivity index (χ1v) is 13.0. The quantitative estimate of drug-likeness (QED) is 0.240. The zero-order valence-corrected chi connectivity index (χ0v) is 20.6. The summed E-state index contributed by atoms with van der Waals surface area (Å²) in [7, 11) is 0. The molecular formula is C25H37F3N2O2S. The summed E-state index contributed by atoms with van der Waals surface area (Å²) in [6, 6.07) is 4.46. The third-order valence-corrected chi connectivity index (χ3v) is 6.69. The lowest BCUT2D eigenvalue weighted by molar-refractivity contribution is -0.138. The monoisotopic (exact) mass is 486 g/mol. The molecule has 0 fully saturated rings. The third kappa shape index (κ3) is 11.8. The minimum atomic E-state index is -4.71. The number of carbonyl (C=O) groups is 1. The van der Waals surface area contributed by atoms with E-state index in [1.165, 1.54) is 69.1 Å². The molecule has 0 spiro atoms. The van der Waals surface area contributed by atoms with Gasteiger partial charge in [0.15, 0.2) is 0 Å². The van der Waals surface area contributed by atoms with Crippen LogP contribution in [-0.4, -0.2) is 28.1 Å². The fraction of sp³-hybridized carbons (Fsp3) is 0.680. The Morgan fingerprint density at radius 3 is 2.18 bits per heavy atom. The smallest absolute Gasteiger partial charge is 0.380 e. The number of carbonyl (C=O) groups excluding carboxylic acids is 1. The highest BCUT2D eigenvalue weighted by molar-refractivity contribution is 7.99. The lowest BCUT2D eigenvalue weighted by Crippen LogP contribution is -2.40. The van der Waals surface area contributed by atoms with Crippen molar-refractivity contribution in [3.8, 4) is 6.07 Å². The van der Waals surface area contributed by atoms with E-state index in [2.05, 4.69) is 12.2 Å². The summed E-state index contributed by atoms with van der Waals surface area (Å²) in [6.07, 6.45) is 6.79. The van der Waals surface area contributed by atoms with Crippen LogP contribution in [0.3, 0.4) is 0 Å². The van der Waals surface area contributed by atoms with E-state index in [1.807, 2.05) is 11.8 Å². The highest BCUT2D eigenvalue weighted by Gasteiger charge is 2.35. The molecule has 0 aliphatic rings. The van der Waals surface area contributed by atoms with Crippen LogP contribution >= 0.6 is 11.8 Å². The maximum absolute atomic E-state index is 13.1. The van der Waals surface area contributed by atoms with Crippen molar-refractivity contribution < 1.29 is 23.1 Å². The van der Waals surface area contributed by atoms with Crippen molar-refractivity contribution >= 4 is 23.4 Å². The molecule has 0 aliphatic carbocycles. The van der Waals surface area contributed by atoms with E-state index >= 15 is 0 Å². The Labute approximate surface area is 200 Å². The molecule has 4 nitrogen and oxygen atoms in total. The van der Waals surface area contributed by atoms with E-state index in [0.717, 1.165) is 31.4 Å². The van der Waals surface area contributed by atoms with E-state index < -0.39 is 28.8 Å². The molecule has 33 heavy (non-hydrogen) atoms. The van der Waals surface area contributed by atoms with Crippen LogP contribution in [0, 0.1) is 11.3 Å². The number of aliphatic hydroxyl groups is 1. The molecule has 8 heteroatoms. The average molecular weight is 487 g/mol. The number of hydrogen-bond acceptors (Lipinski definition) is 4. The molecule has 1 amide bonds. The largest absolute Gasteiger partial charge is 0.417 e. The number of nitrogens with zero attached hydrogens (tertiary/aromatic N) is 1. The molecule has 0 radical (unpaired) electrons. The summed E-state index contributed by atoms with van der Waals surface area (Å²) in [4.78, 5) is 12.4. The summed E-state index contributed by atoms with van der Waals surface area (Å²) < 4.78 is 39.3. The summed E-state index contributed by atoms with van der Waals surface area (Å²) in [5.41, 5.74) is -3.41. The third-order valence-electron chi connectivity index (χ3n) is 5.54. The van der Waals surface area contributed by atoms with Gasteiger partial charge in [-0.05, 0) is 55.9 Å². The summed E-state index contributed by atoms with van der Waals surface area (Å²) in [6.45, 7) is 3.59. The molecule has 0 aliphatic heterocycles. The first-order valence-electron chi connectivity index (χ1n) is 11.8. The van der Waals surface area contributed by atoms with Gasteiger partial charge in [0.05, 0.1) is 17.2 Å². The molecule has 1 rings (SSSR count). The molecule has 0 heterocycles. The maximum atomic E-state index is 13.1. The van der Waals surface area contributed by atoms with E-state index in [0.29, 0.717) is 6.42 Å². The Morgan fingerprint density at radius 1 is 1.03 bits per heavy atom. The molecule has 0 bridgehead atoms. The second-order valence-electron chi connectivity index (χ2n) is 8.64. The Balaban J connectivity index is 2.28. The van der Waals surface area contributed by atoms with Gasteiger partial charge in [0, 0.05) is 5.69 Å². The number of nitriles is 1. The molecule has 0 unspecified atom stereocenters. The van der Waals surface area contributed by atoms with E-state index in [9.17, 15) is 23.1 Å². The van der Waals surface area contributed by atoms with Crippen molar-refractivity contribution in [2.45, 2.75) is 96.3 Å². The fourth-order valence-electron chi connectivity index (χ4n) is 3.45. The van der Waals surface area contributed by atoms with E-state index in [1.54, 1.807) is 0 Å². The minimum Gasteiger partial charge on any atom is -0.380 e. The second-order valence-corrected chi connectivity index (χ2v) is 9.87. The van der Waals surface area contributed by atoms with Crippen LogP contribution in [0.25, 0.3) is 0 Å². The lowest BCUT2D eigenvalue weighted by Gasteiger charge is -2.22. The minimum absolute atomic E-state index is 0.102. The van der Waals surface area contributed by atoms with Crippen molar-refractivity contribution in [1.82, 2.24) is 0 Å². The molecule has 0 saturated carbocycles. The number of thioether (sulfide) groups is 1. The molecule has 1 atom stereocenters. The Kier molecular flexibility index (Phi) is 13.5. The molecule has 2 N–H and O–H groups in total. The van der Waals surface area contributed by atoms with Crippen LogP contribution in [0.5, 0.6) is 0 Å². The van der Waals surface area contributed by atoms with E-state index in [-0.39, 0.29) is 12.1 Å². The first-order chi connectivity index (χ1) is 15.6. The molecule has 186 valence electrons. The number of nitrogens with one attached hydrogen (secondary N) is 1. The van der Waals surface area contributed by atoms with Gasteiger partial charge < -0.3 is 10.4 Å². The van der Waals surface area contributed by atoms with Crippen LogP contribution in [0.15, 0.2) is 18.2 Å². The number of benzene rings is 1. The average Bonchev–Trinajstić information content (AvgIpc) is 2.76. The Hall–Kier alpha value is -1.72. The predicted octanol–water partition coefficient (Wildman–Crippen LogP) is 7.31. The second kappa shape index (κ2) is 15.2. The normalized spacial score (nSPS) is 13.4. The number of anilines is 1. The maximum Gasteiger partial charge on any atom is 0.417 e. The number of unbranched alkanes of at least 4 members (excludes halogenated alkanes) is 8. The van der Waals surface area contributed by atoms with Crippen molar-refractivity contribution in [2.24, 2.45) is 0 Å². The van der Waals surface area contributed by atoms with Gasteiger partial charge >= 0.3 is 6.18 Å². The molecular weight excluding hydrogens is 449 g/mol. The number of halogens is 3.